The highest BCUT2D eigenvalue weighted by Gasteiger charge is 2.24. The Kier molecular flexibility index (Phi) is 5.71. The van der Waals surface area contributed by atoms with Crippen molar-refractivity contribution in [3.63, 3.8) is 0 Å². The molecule has 0 unspecified atom stereocenters. The van der Waals surface area contributed by atoms with Crippen LogP contribution >= 0.6 is 11.6 Å². The summed E-state index contributed by atoms with van der Waals surface area (Å²) in [6.45, 7) is 9.83. The number of H-pyrrole nitrogens is 1. The second-order valence-electron chi connectivity index (χ2n) is 8.28. The third-order valence-corrected chi connectivity index (χ3v) is 5.63. The number of halogens is 2. The minimum Gasteiger partial charge on any atom is -0.368 e. The molecule has 0 fully saturated rings. The van der Waals surface area contributed by atoms with E-state index in [1.807, 2.05) is 19.1 Å². The highest BCUT2D eigenvalue weighted by Crippen LogP contribution is 2.41. The van der Waals surface area contributed by atoms with Gasteiger partial charge in [0.15, 0.2) is 5.82 Å². The summed E-state index contributed by atoms with van der Waals surface area (Å²) in [4.78, 5) is 10.9. The molecule has 2 aromatic carbocycles. The zero-order valence-corrected chi connectivity index (χ0v) is 18.9. The zero-order chi connectivity index (χ0) is 22.3. The molecule has 0 atom stereocenters. The van der Waals surface area contributed by atoms with Crippen molar-refractivity contribution < 1.29 is 4.39 Å². The van der Waals surface area contributed by atoms with Crippen LogP contribution in [0.3, 0.4) is 0 Å². The maximum Gasteiger partial charge on any atom is 0.222 e. The number of hydrogen-bond donors (Lipinski definition) is 2. The predicted molar refractivity (Wildman–Crippen MR) is 126 cm³/mol. The number of benzene rings is 2. The van der Waals surface area contributed by atoms with Gasteiger partial charge in [-0.1, -0.05) is 44.5 Å². The van der Waals surface area contributed by atoms with E-state index >= 15 is 4.39 Å². The monoisotopic (exact) mass is 440 g/mol. The molecule has 0 bridgehead atoms. The fraction of sp³-hybridized carbons (Fsp3) is 0.348. The van der Waals surface area contributed by atoms with Crippen molar-refractivity contribution in [1.29, 1.82) is 0 Å². The summed E-state index contributed by atoms with van der Waals surface area (Å²) in [7, 11) is 0. The summed E-state index contributed by atoms with van der Waals surface area (Å²) >= 11 is 6.70. The Hall–Kier alpha value is -2.93. The molecule has 6 nitrogen and oxygen atoms in total. The fourth-order valence-electron chi connectivity index (χ4n) is 4.10. The van der Waals surface area contributed by atoms with Crippen LogP contribution in [0.15, 0.2) is 24.4 Å². The lowest BCUT2D eigenvalue weighted by Gasteiger charge is -2.27. The molecular formula is C23H26ClFN6. The molecule has 0 aliphatic rings. The Morgan fingerprint density at radius 2 is 2.00 bits per heavy atom. The minimum absolute atomic E-state index is 0.0380. The van der Waals surface area contributed by atoms with Gasteiger partial charge in [-0.3, -0.25) is 5.10 Å². The molecule has 0 saturated carbocycles. The summed E-state index contributed by atoms with van der Waals surface area (Å²) in [6, 6.07) is 5.62. The summed E-state index contributed by atoms with van der Waals surface area (Å²) in [5.41, 5.74) is 8.77. The smallest absolute Gasteiger partial charge is 0.222 e. The van der Waals surface area contributed by atoms with Crippen molar-refractivity contribution in [2.24, 2.45) is 5.92 Å². The van der Waals surface area contributed by atoms with Crippen molar-refractivity contribution in [3.05, 3.63) is 40.8 Å². The van der Waals surface area contributed by atoms with Crippen LogP contribution in [0.2, 0.25) is 5.02 Å². The van der Waals surface area contributed by atoms with Gasteiger partial charge in [-0.25, -0.2) is 9.37 Å². The van der Waals surface area contributed by atoms with Crippen LogP contribution in [0, 0.1) is 18.7 Å². The van der Waals surface area contributed by atoms with Crippen LogP contribution in [-0.4, -0.2) is 33.3 Å². The first-order valence-corrected chi connectivity index (χ1v) is 10.8. The van der Waals surface area contributed by atoms with Crippen LogP contribution in [0.5, 0.6) is 0 Å². The fourth-order valence-corrected chi connectivity index (χ4v) is 4.39. The topological polar surface area (TPSA) is 83.7 Å². The number of nitrogens with two attached hydrogens (primary N) is 1. The Balaban J connectivity index is 2.02. The van der Waals surface area contributed by atoms with Crippen molar-refractivity contribution in [2.45, 2.75) is 34.1 Å². The molecule has 0 radical (unpaired) electrons. The molecule has 0 aliphatic heterocycles. The number of aryl methyl sites for hydroxylation is 1. The van der Waals surface area contributed by atoms with E-state index in [1.54, 1.807) is 12.3 Å². The van der Waals surface area contributed by atoms with Gasteiger partial charge in [0.05, 0.1) is 16.7 Å². The van der Waals surface area contributed by atoms with Gasteiger partial charge in [0.1, 0.15) is 11.3 Å². The molecule has 0 amide bonds. The summed E-state index contributed by atoms with van der Waals surface area (Å²) in [5.74, 6) is 0.542. The highest BCUT2D eigenvalue weighted by molar-refractivity contribution is 6.35. The van der Waals surface area contributed by atoms with Crippen molar-refractivity contribution in [1.82, 2.24) is 20.2 Å². The van der Waals surface area contributed by atoms with E-state index in [0.29, 0.717) is 27.7 Å². The van der Waals surface area contributed by atoms with Gasteiger partial charge in [-0.15, -0.1) is 0 Å². The van der Waals surface area contributed by atoms with E-state index in [1.165, 1.54) is 0 Å². The van der Waals surface area contributed by atoms with Gasteiger partial charge in [0.2, 0.25) is 5.95 Å². The first-order chi connectivity index (χ1) is 14.8. The minimum atomic E-state index is -0.510. The maximum atomic E-state index is 16.0. The molecule has 4 rings (SSSR count). The number of nitrogens with zero attached hydrogens (tertiary/aromatic N) is 4. The van der Waals surface area contributed by atoms with Gasteiger partial charge < -0.3 is 10.6 Å². The van der Waals surface area contributed by atoms with E-state index in [2.05, 4.69) is 45.8 Å². The van der Waals surface area contributed by atoms with Crippen molar-refractivity contribution in [2.75, 3.05) is 23.7 Å². The predicted octanol–water partition coefficient (Wildman–Crippen LogP) is 5.73. The standard InChI is InChI=1S/C23H26ClFN6/c1-5-8-31(11-12(2)3)22-15-9-16(24)18(19(25)21(15)28-23(26)29-22)17-13(4)6-7-14-10-27-30-20(14)17/h6-7,9-10,12H,5,8,11H2,1-4H3,(H,27,30)(H2,26,28,29). The van der Waals surface area contributed by atoms with Gasteiger partial charge in [-0.05, 0) is 30.9 Å². The Labute approximate surface area is 185 Å². The largest absolute Gasteiger partial charge is 0.368 e. The second-order valence-corrected chi connectivity index (χ2v) is 8.69. The van der Waals surface area contributed by atoms with Crippen LogP contribution in [0.25, 0.3) is 32.9 Å². The number of nitrogens with one attached hydrogen (secondary N) is 1. The van der Waals surface area contributed by atoms with Gasteiger partial charge in [0, 0.05) is 35.0 Å². The molecule has 162 valence electrons. The molecule has 8 heteroatoms. The number of rotatable bonds is 6. The first-order valence-electron chi connectivity index (χ1n) is 10.4. The maximum absolute atomic E-state index is 16.0. The number of aromatic amines is 1. The van der Waals surface area contributed by atoms with Crippen LogP contribution in [-0.2, 0) is 0 Å². The lowest BCUT2D eigenvalue weighted by molar-refractivity contribution is 0.602. The molecule has 0 saturated heterocycles. The van der Waals surface area contributed by atoms with E-state index in [9.17, 15) is 0 Å². The lowest BCUT2D eigenvalue weighted by Crippen LogP contribution is -2.29. The second kappa shape index (κ2) is 8.30. The van der Waals surface area contributed by atoms with E-state index < -0.39 is 5.82 Å². The number of aromatic nitrogens is 4. The molecular weight excluding hydrogens is 415 g/mol. The number of hydrogen-bond acceptors (Lipinski definition) is 5. The van der Waals surface area contributed by atoms with E-state index in [4.69, 9.17) is 17.3 Å². The molecule has 0 spiro atoms. The average molecular weight is 441 g/mol. The molecule has 3 N–H and O–H groups in total. The first kappa shape index (κ1) is 21.3. The normalized spacial score (nSPS) is 11.7. The van der Waals surface area contributed by atoms with Crippen LogP contribution < -0.4 is 10.6 Å². The summed E-state index contributed by atoms with van der Waals surface area (Å²) in [6.07, 6.45) is 2.63. The van der Waals surface area contributed by atoms with E-state index in [0.717, 1.165) is 36.0 Å². The molecule has 0 aliphatic carbocycles. The average Bonchev–Trinajstić information content (AvgIpc) is 3.18. The molecule has 4 aromatic rings. The number of anilines is 2. The van der Waals surface area contributed by atoms with E-state index in [-0.39, 0.29) is 17.0 Å². The zero-order valence-electron chi connectivity index (χ0n) is 18.1. The number of fused-ring (bicyclic) bond motifs is 2. The van der Waals surface area contributed by atoms with Crippen molar-refractivity contribution in [3.8, 4) is 11.1 Å². The molecule has 31 heavy (non-hydrogen) atoms. The summed E-state index contributed by atoms with van der Waals surface area (Å²) < 4.78 is 16.0. The van der Waals surface area contributed by atoms with Crippen LogP contribution in [0.1, 0.15) is 32.8 Å². The third kappa shape index (κ3) is 3.78. The van der Waals surface area contributed by atoms with Gasteiger partial charge >= 0.3 is 0 Å². The Bertz CT molecular complexity index is 1270. The quantitative estimate of drug-likeness (QED) is 0.400. The highest BCUT2D eigenvalue weighted by atomic mass is 35.5. The lowest BCUT2D eigenvalue weighted by atomic mass is 9.96. The van der Waals surface area contributed by atoms with Gasteiger partial charge in [0.25, 0.3) is 0 Å². The summed E-state index contributed by atoms with van der Waals surface area (Å²) in [5, 5.41) is 8.81. The number of nitrogen functional groups attached to an aromatic ring is 1. The Morgan fingerprint density at radius 3 is 2.71 bits per heavy atom. The third-order valence-electron chi connectivity index (χ3n) is 5.33. The van der Waals surface area contributed by atoms with Crippen LogP contribution in [0.4, 0.5) is 16.2 Å². The molecule has 2 aromatic heterocycles. The van der Waals surface area contributed by atoms with Gasteiger partial charge in [-0.2, -0.15) is 10.1 Å². The molecule has 2 heterocycles. The Morgan fingerprint density at radius 1 is 1.23 bits per heavy atom. The SMILES string of the molecule is CCCN(CC(C)C)c1nc(N)nc2c(F)c(-c3c(C)ccc4cn[nH]c34)c(Cl)cc12. The van der Waals surface area contributed by atoms with Crippen molar-refractivity contribution >= 4 is 45.2 Å².